The molecule has 6 aliphatic rings. The molecule has 2 heterocycles. The van der Waals surface area contributed by atoms with Crippen LogP contribution < -0.4 is 0 Å². The predicted octanol–water partition coefficient (Wildman–Crippen LogP) is 3.80. The predicted molar refractivity (Wildman–Crippen MR) is 121 cm³/mol. The van der Waals surface area contributed by atoms with Crippen molar-refractivity contribution < 1.29 is 24.8 Å². The molecule has 5 fully saturated rings. The second-order valence-corrected chi connectivity index (χ2v) is 13.0. The average molecular weight is 447 g/mol. The fourth-order valence-electron chi connectivity index (χ4n) is 9.85. The van der Waals surface area contributed by atoms with E-state index in [2.05, 4.69) is 26.8 Å². The monoisotopic (exact) mass is 446 g/mol. The van der Waals surface area contributed by atoms with Crippen molar-refractivity contribution in [3.63, 3.8) is 0 Å². The van der Waals surface area contributed by atoms with Crippen LogP contribution in [0.1, 0.15) is 79.1 Å². The molecule has 0 bridgehead atoms. The van der Waals surface area contributed by atoms with Gasteiger partial charge in [0.25, 0.3) is 0 Å². The molecule has 5 nitrogen and oxygen atoms in total. The molecule has 4 aliphatic carbocycles. The van der Waals surface area contributed by atoms with Gasteiger partial charge in [-0.25, -0.2) is 0 Å². The van der Waals surface area contributed by atoms with E-state index in [-0.39, 0.29) is 23.5 Å². The molecule has 2 saturated heterocycles. The van der Waals surface area contributed by atoms with Crippen molar-refractivity contribution in [1.82, 2.24) is 0 Å². The average Bonchev–Trinajstić information content (AvgIpc) is 3.33. The Kier molecular flexibility index (Phi) is 4.69. The zero-order chi connectivity index (χ0) is 22.7. The maximum absolute atomic E-state index is 11.1. The number of hydrogen-bond donors (Lipinski definition) is 3. The SMILES string of the molecule is C[C@H]1[C@H]2[C@H](C[C@@H]3[C@@H]4CC=C5C[C@H](O)C[C@@H](O)[C@]5(C)[C@@H]4CC[C@]23C)O[C@]12CC[C@@](C)(CO)O2. The minimum atomic E-state index is -0.529. The molecule has 0 aromatic rings. The molecule has 12 atom stereocenters. The summed E-state index contributed by atoms with van der Waals surface area (Å²) in [6.45, 7) is 9.19. The van der Waals surface area contributed by atoms with E-state index >= 15 is 0 Å². The van der Waals surface area contributed by atoms with Crippen LogP contribution in [0, 0.1) is 40.4 Å². The molecule has 0 unspecified atom stereocenters. The van der Waals surface area contributed by atoms with Gasteiger partial charge in [0.15, 0.2) is 5.79 Å². The normalized spacial score (nSPS) is 61.2. The number of rotatable bonds is 1. The van der Waals surface area contributed by atoms with Crippen LogP contribution in [0.2, 0.25) is 0 Å². The van der Waals surface area contributed by atoms with Crippen LogP contribution in [0.5, 0.6) is 0 Å². The highest BCUT2D eigenvalue weighted by atomic mass is 16.7. The summed E-state index contributed by atoms with van der Waals surface area (Å²) in [5.41, 5.74) is 0.868. The third-order valence-electron chi connectivity index (χ3n) is 11.6. The number of ether oxygens (including phenoxy) is 2. The lowest BCUT2D eigenvalue weighted by Gasteiger charge is -2.59. The maximum atomic E-state index is 11.1. The minimum absolute atomic E-state index is 0.0497. The lowest BCUT2D eigenvalue weighted by Crippen LogP contribution is -2.56. The van der Waals surface area contributed by atoms with E-state index in [0.717, 1.165) is 38.5 Å². The third-order valence-corrected chi connectivity index (χ3v) is 11.6. The van der Waals surface area contributed by atoms with Crippen LogP contribution in [-0.4, -0.2) is 51.6 Å². The first kappa shape index (κ1) is 22.0. The van der Waals surface area contributed by atoms with Gasteiger partial charge in [0.05, 0.1) is 30.5 Å². The van der Waals surface area contributed by atoms with Crippen LogP contribution >= 0.6 is 0 Å². The zero-order valence-electron chi connectivity index (χ0n) is 20.2. The minimum Gasteiger partial charge on any atom is -0.393 e. The van der Waals surface area contributed by atoms with E-state index in [9.17, 15) is 15.3 Å². The highest BCUT2D eigenvalue weighted by Gasteiger charge is 2.70. The molecular formula is C27H42O5. The number of allylic oxidation sites excluding steroid dienone is 1. The van der Waals surface area contributed by atoms with Crippen LogP contribution in [0.25, 0.3) is 0 Å². The fraction of sp³-hybridized carbons (Fsp3) is 0.926. The van der Waals surface area contributed by atoms with Crippen molar-refractivity contribution in [2.75, 3.05) is 6.61 Å². The van der Waals surface area contributed by atoms with Gasteiger partial charge < -0.3 is 24.8 Å². The molecule has 32 heavy (non-hydrogen) atoms. The highest BCUT2D eigenvalue weighted by molar-refractivity contribution is 5.28. The Balaban J connectivity index is 1.29. The van der Waals surface area contributed by atoms with Crippen LogP contribution in [0.15, 0.2) is 11.6 Å². The molecular weight excluding hydrogens is 404 g/mol. The van der Waals surface area contributed by atoms with Gasteiger partial charge in [-0.1, -0.05) is 32.4 Å². The van der Waals surface area contributed by atoms with Crippen molar-refractivity contribution in [3.05, 3.63) is 11.6 Å². The van der Waals surface area contributed by atoms with E-state index in [1.165, 1.54) is 12.0 Å². The molecule has 5 heteroatoms. The van der Waals surface area contributed by atoms with Gasteiger partial charge >= 0.3 is 0 Å². The lowest BCUT2D eigenvalue weighted by molar-refractivity contribution is -0.262. The van der Waals surface area contributed by atoms with Gasteiger partial charge in [-0.2, -0.15) is 0 Å². The molecule has 0 radical (unpaired) electrons. The second kappa shape index (κ2) is 6.81. The van der Waals surface area contributed by atoms with Crippen molar-refractivity contribution in [1.29, 1.82) is 0 Å². The Labute approximate surface area is 192 Å². The standard InChI is InChI=1S/C27H42O5/c1-15-23-21(31-27(15)10-9-24(2,14-28)32-27)13-20-18-6-5-16-11-17(29)12-22(30)26(16,4)19(18)7-8-25(20,23)3/h5,15,17-23,28-30H,6-14H2,1-4H3/t15-,17-,18+,19+,20+,21-,22+,23-,24-,25-,26-,27-/m0/s1. The first-order chi connectivity index (χ1) is 15.1. The number of aliphatic hydroxyl groups excluding tert-OH is 3. The summed E-state index contributed by atoms with van der Waals surface area (Å²) in [5.74, 6) is 1.97. The molecule has 6 rings (SSSR count). The van der Waals surface area contributed by atoms with Crippen LogP contribution in [-0.2, 0) is 9.47 Å². The maximum Gasteiger partial charge on any atom is 0.172 e. The van der Waals surface area contributed by atoms with E-state index in [4.69, 9.17) is 9.47 Å². The van der Waals surface area contributed by atoms with Gasteiger partial charge in [-0.15, -0.1) is 0 Å². The summed E-state index contributed by atoms with van der Waals surface area (Å²) >= 11 is 0. The number of hydrogen-bond acceptors (Lipinski definition) is 5. The second-order valence-electron chi connectivity index (χ2n) is 13.0. The topological polar surface area (TPSA) is 79.2 Å². The summed E-state index contributed by atoms with van der Waals surface area (Å²) in [6, 6.07) is 0. The van der Waals surface area contributed by atoms with Gasteiger partial charge in [-0.05, 0) is 74.5 Å². The highest BCUT2D eigenvalue weighted by Crippen LogP contribution is 2.71. The number of aliphatic hydroxyl groups is 3. The molecule has 180 valence electrons. The molecule has 0 amide bonds. The molecule has 3 N–H and O–H groups in total. The third kappa shape index (κ3) is 2.64. The van der Waals surface area contributed by atoms with E-state index in [1.807, 2.05) is 6.92 Å². The quantitative estimate of drug-likeness (QED) is 0.534. The van der Waals surface area contributed by atoms with Crippen molar-refractivity contribution >= 4 is 0 Å². The van der Waals surface area contributed by atoms with Crippen LogP contribution in [0.3, 0.4) is 0 Å². The Bertz CT molecular complexity index is 827. The Morgan fingerprint density at radius 3 is 2.56 bits per heavy atom. The zero-order valence-corrected chi connectivity index (χ0v) is 20.2. The molecule has 0 aromatic carbocycles. The van der Waals surface area contributed by atoms with E-state index in [1.54, 1.807) is 0 Å². The van der Waals surface area contributed by atoms with Crippen LogP contribution in [0.4, 0.5) is 0 Å². The largest absolute Gasteiger partial charge is 0.393 e. The fourth-order valence-corrected chi connectivity index (χ4v) is 9.85. The van der Waals surface area contributed by atoms with Crippen molar-refractivity contribution in [2.24, 2.45) is 40.4 Å². The molecule has 3 saturated carbocycles. The van der Waals surface area contributed by atoms with E-state index in [0.29, 0.717) is 36.0 Å². The first-order valence-corrected chi connectivity index (χ1v) is 13.1. The summed E-state index contributed by atoms with van der Waals surface area (Å²) in [7, 11) is 0. The lowest BCUT2D eigenvalue weighted by atomic mass is 9.46. The van der Waals surface area contributed by atoms with E-state index < -0.39 is 23.6 Å². The number of fused-ring (bicyclic) bond motifs is 7. The molecule has 0 aromatic heterocycles. The summed E-state index contributed by atoms with van der Waals surface area (Å²) < 4.78 is 13.3. The summed E-state index contributed by atoms with van der Waals surface area (Å²) in [5, 5.41) is 31.3. The Morgan fingerprint density at radius 2 is 1.84 bits per heavy atom. The summed E-state index contributed by atoms with van der Waals surface area (Å²) in [6.07, 6.45) is 9.23. The Hall–Kier alpha value is -0.460. The van der Waals surface area contributed by atoms with Gasteiger partial charge in [-0.3, -0.25) is 0 Å². The smallest absolute Gasteiger partial charge is 0.172 e. The van der Waals surface area contributed by atoms with Crippen molar-refractivity contribution in [3.8, 4) is 0 Å². The molecule has 2 aliphatic heterocycles. The van der Waals surface area contributed by atoms with Gasteiger partial charge in [0.2, 0.25) is 0 Å². The van der Waals surface area contributed by atoms with Gasteiger partial charge in [0, 0.05) is 24.2 Å². The first-order valence-electron chi connectivity index (χ1n) is 13.1. The van der Waals surface area contributed by atoms with Crippen molar-refractivity contribution in [2.45, 2.75) is 109 Å². The van der Waals surface area contributed by atoms with Gasteiger partial charge in [0.1, 0.15) is 0 Å². The summed E-state index contributed by atoms with van der Waals surface area (Å²) in [4.78, 5) is 0. The molecule has 1 spiro atoms. The Morgan fingerprint density at radius 1 is 1.06 bits per heavy atom.